The number of nitrogens with one attached hydrogen (secondary N) is 1. The van der Waals surface area contributed by atoms with E-state index >= 15 is 0 Å². The molecule has 2 aromatic rings. The van der Waals surface area contributed by atoms with E-state index in [9.17, 15) is 4.79 Å². The Labute approximate surface area is 116 Å². The van der Waals surface area contributed by atoms with Crippen molar-refractivity contribution in [3.8, 4) is 0 Å². The van der Waals surface area contributed by atoms with Gasteiger partial charge in [-0.2, -0.15) is 0 Å². The first kappa shape index (κ1) is 13.6. The summed E-state index contributed by atoms with van der Waals surface area (Å²) >= 11 is 1.65. The topological polar surface area (TPSA) is 58.4 Å². The normalized spacial score (nSPS) is 10.4. The van der Waals surface area contributed by atoms with Gasteiger partial charge in [-0.25, -0.2) is 4.79 Å². The number of aromatic nitrogens is 1. The molecule has 0 aromatic carbocycles. The maximum absolute atomic E-state index is 12.0. The van der Waals surface area contributed by atoms with E-state index in [1.54, 1.807) is 16.2 Å². The molecule has 0 saturated heterocycles. The monoisotopic (exact) mass is 279 g/mol. The van der Waals surface area contributed by atoms with E-state index < -0.39 is 0 Å². The van der Waals surface area contributed by atoms with Crippen molar-refractivity contribution < 1.29 is 9.32 Å². The molecule has 2 heterocycles. The molecular weight excluding hydrogens is 262 g/mol. The van der Waals surface area contributed by atoms with Crippen LogP contribution in [0.2, 0.25) is 0 Å². The Morgan fingerprint density at radius 1 is 1.58 bits per heavy atom. The van der Waals surface area contributed by atoms with Crippen molar-refractivity contribution in [2.45, 2.75) is 26.9 Å². The van der Waals surface area contributed by atoms with Crippen LogP contribution in [0.3, 0.4) is 0 Å². The SMILES string of the molecule is CCN(Cc1cccs1)C(=O)NCc1cc(C)on1. The van der Waals surface area contributed by atoms with E-state index in [0.717, 1.165) is 11.5 Å². The van der Waals surface area contributed by atoms with E-state index in [-0.39, 0.29) is 6.03 Å². The average Bonchev–Trinajstić information content (AvgIpc) is 3.04. The van der Waals surface area contributed by atoms with Crippen molar-refractivity contribution in [1.82, 2.24) is 15.4 Å². The second kappa shape index (κ2) is 6.38. The molecule has 2 aromatic heterocycles. The standard InChI is InChI=1S/C13H17N3O2S/c1-3-16(9-12-5-4-6-19-12)13(17)14-8-11-7-10(2)18-15-11/h4-7H,3,8-9H2,1-2H3,(H,14,17). The van der Waals surface area contributed by atoms with Crippen LogP contribution in [-0.2, 0) is 13.1 Å². The number of carbonyl (C=O) groups is 1. The van der Waals surface area contributed by atoms with Crippen LogP contribution in [0, 0.1) is 6.92 Å². The number of hydrogen-bond donors (Lipinski definition) is 1. The second-order valence-corrected chi connectivity index (χ2v) is 5.21. The van der Waals surface area contributed by atoms with Gasteiger partial charge < -0.3 is 14.7 Å². The molecule has 6 heteroatoms. The largest absolute Gasteiger partial charge is 0.361 e. The first-order chi connectivity index (χ1) is 9.19. The van der Waals surface area contributed by atoms with Gasteiger partial charge in [0.25, 0.3) is 0 Å². The first-order valence-electron chi connectivity index (χ1n) is 6.16. The molecule has 0 aliphatic carbocycles. The number of thiophene rings is 1. The number of amides is 2. The summed E-state index contributed by atoms with van der Waals surface area (Å²) in [4.78, 5) is 15.0. The Hall–Kier alpha value is -1.82. The summed E-state index contributed by atoms with van der Waals surface area (Å²) in [6.07, 6.45) is 0. The van der Waals surface area contributed by atoms with Gasteiger partial charge in [0.15, 0.2) is 0 Å². The van der Waals surface area contributed by atoms with Gasteiger partial charge in [-0.1, -0.05) is 11.2 Å². The summed E-state index contributed by atoms with van der Waals surface area (Å²) in [6.45, 7) is 5.48. The molecule has 2 rings (SSSR count). The third-order valence-corrected chi connectivity index (χ3v) is 3.55. The highest BCUT2D eigenvalue weighted by Gasteiger charge is 2.12. The Morgan fingerprint density at radius 3 is 3.00 bits per heavy atom. The Kier molecular flexibility index (Phi) is 4.57. The fourth-order valence-corrected chi connectivity index (χ4v) is 2.42. The van der Waals surface area contributed by atoms with E-state index in [1.165, 1.54) is 4.88 Å². The minimum atomic E-state index is -0.0865. The van der Waals surface area contributed by atoms with Crippen LogP contribution in [0.5, 0.6) is 0 Å². The molecule has 0 spiro atoms. The molecule has 0 atom stereocenters. The van der Waals surface area contributed by atoms with E-state index in [2.05, 4.69) is 10.5 Å². The van der Waals surface area contributed by atoms with Crippen molar-refractivity contribution in [3.63, 3.8) is 0 Å². The van der Waals surface area contributed by atoms with Gasteiger partial charge in [0.1, 0.15) is 11.5 Å². The zero-order valence-electron chi connectivity index (χ0n) is 11.0. The van der Waals surface area contributed by atoms with Gasteiger partial charge in [0, 0.05) is 17.5 Å². The third-order valence-electron chi connectivity index (χ3n) is 2.69. The van der Waals surface area contributed by atoms with Crippen LogP contribution in [0.1, 0.15) is 23.3 Å². The number of hydrogen-bond acceptors (Lipinski definition) is 4. The Morgan fingerprint density at radius 2 is 2.42 bits per heavy atom. The van der Waals surface area contributed by atoms with Gasteiger partial charge >= 0.3 is 6.03 Å². The maximum Gasteiger partial charge on any atom is 0.318 e. The van der Waals surface area contributed by atoms with Crippen LogP contribution in [0.4, 0.5) is 4.79 Å². The summed E-state index contributed by atoms with van der Waals surface area (Å²) in [5.41, 5.74) is 0.734. The van der Waals surface area contributed by atoms with Crippen molar-refractivity contribution in [2.75, 3.05) is 6.54 Å². The number of rotatable bonds is 5. The number of carbonyl (C=O) groups excluding carboxylic acids is 1. The molecule has 0 aliphatic rings. The minimum Gasteiger partial charge on any atom is -0.361 e. The molecule has 5 nitrogen and oxygen atoms in total. The predicted octanol–water partition coefficient (Wildman–Crippen LogP) is 2.78. The lowest BCUT2D eigenvalue weighted by molar-refractivity contribution is 0.198. The van der Waals surface area contributed by atoms with E-state index in [4.69, 9.17) is 4.52 Å². The van der Waals surface area contributed by atoms with Crippen molar-refractivity contribution in [3.05, 3.63) is 39.9 Å². The van der Waals surface area contributed by atoms with Crippen molar-refractivity contribution >= 4 is 17.4 Å². The highest BCUT2D eigenvalue weighted by Crippen LogP contribution is 2.11. The van der Waals surface area contributed by atoms with Gasteiger partial charge in [0.2, 0.25) is 0 Å². The number of aryl methyl sites for hydroxylation is 1. The maximum atomic E-state index is 12.0. The average molecular weight is 279 g/mol. The molecule has 0 bridgehead atoms. The lowest BCUT2D eigenvalue weighted by Gasteiger charge is -2.20. The van der Waals surface area contributed by atoms with Crippen LogP contribution in [0.25, 0.3) is 0 Å². The fraction of sp³-hybridized carbons (Fsp3) is 0.385. The molecule has 0 saturated carbocycles. The fourth-order valence-electron chi connectivity index (χ4n) is 1.70. The summed E-state index contributed by atoms with van der Waals surface area (Å²) < 4.78 is 4.96. The summed E-state index contributed by atoms with van der Waals surface area (Å²) in [5.74, 6) is 0.746. The van der Waals surface area contributed by atoms with Gasteiger partial charge in [-0.3, -0.25) is 0 Å². The van der Waals surface area contributed by atoms with E-state index in [1.807, 2.05) is 37.4 Å². The van der Waals surface area contributed by atoms with E-state index in [0.29, 0.717) is 19.6 Å². The Balaban J connectivity index is 1.86. The molecule has 0 aliphatic heterocycles. The van der Waals surface area contributed by atoms with Crippen molar-refractivity contribution in [1.29, 1.82) is 0 Å². The minimum absolute atomic E-state index is 0.0865. The molecule has 102 valence electrons. The smallest absolute Gasteiger partial charge is 0.318 e. The van der Waals surface area contributed by atoms with Crippen LogP contribution >= 0.6 is 11.3 Å². The Bertz CT molecular complexity index is 522. The molecule has 2 amide bonds. The van der Waals surface area contributed by atoms with Crippen LogP contribution < -0.4 is 5.32 Å². The second-order valence-electron chi connectivity index (χ2n) is 4.18. The first-order valence-corrected chi connectivity index (χ1v) is 7.04. The third kappa shape index (κ3) is 3.82. The molecule has 1 N–H and O–H groups in total. The predicted molar refractivity (Wildman–Crippen MR) is 73.9 cm³/mol. The zero-order chi connectivity index (χ0) is 13.7. The zero-order valence-corrected chi connectivity index (χ0v) is 11.9. The molecule has 0 fully saturated rings. The molecule has 0 unspecified atom stereocenters. The van der Waals surface area contributed by atoms with Gasteiger partial charge in [-0.05, 0) is 25.3 Å². The number of urea groups is 1. The highest BCUT2D eigenvalue weighted by molar-refractivity contribution is 7.09. The van der Waals surface area contributed by atoms with Gasteiger partial charge in [0.05, 0.1) is 13.1 Å². The van der Waals surface area contributed by atoms with Crippen LogP contribution in [-0.4, -0.2) is 22.6 Å². The number of nitrogens with zero attached hydrogens (tertiary/aromatic N) is 2. The summed E-state index contributed by atoms with van der Waals surface area (Å²) in [5, 5.41) is 8.70. The molecule has 0 radical (unpaired) electrons. The lowest BCUT2D eigenvalue weighted by atomic mass is 10.4. The van der Waals surface area contributed by atoms with Crippen molar-refractivity contribution in [2.24, 2.45) is 0 Å². The summed E-state index contributed by atoms with van der Waals surface area (Å²) in [6, 6.07) is 5.75. The molecule has 19 heavy (non-hydrogen) atoms. The quantitative estimate of drug-likeness (QED) is 0.915. The highest BCUT2D eigenvalue weighted by atomic mass is 32.1. The lowest BCUT2D eigenvalue weighted by Crippen LogP contribution is -2.38. The summed E-state index contributed by atoms with van der Waals surface area (Å²) in [7, 11) is 0. The van der Waals surface area contributed by atoms with Crippen LogP contribution in [0.15, 0.2) is 28.1 Å². The molecular formula is C13H17N3O2S. The van der Waals surface area contributed by atoms with Gasteiger partial charge in [-0.15, -0.1) is 11.3 Å².